The van der Waals surface area contributed by atoms with Crippen LogP contribution in [0.3, 0.4) is 0 Å². The number of amides is 1. The maximum absolute atomic E-state index is 12.5. The fourth-order valence-electron chi connectivity index (χ4n) is 3.32. The molecule has 3 aromatic rings. The SMILES string of the molecule is Cc1ccc2c(c1)c(N=NC(=O)C(C)Oc1ccc(Cl)cc1C)c(O)n2CCC(C)C. The van der Waals surface area contributed by atoms with E-state index in [4.69, 9.17) is 16.3 Å². The van der Waals surface area contributed by atoms with E-state index >= 15 is 0 Å². The van der Waals surface area contributed by atoms with Crippen LogP contribution in [0.1, 0.15) is 38.3 Å². The molecule has 31 heavy (non-hydrogen) atoms. The zero-order chi connectivity index (χ0) is 22.7. The van der Waals surface area contributed by atoms with Crippen LogP contribution in [-0.2, 0) is 11.3 Å². The molecule has 6 nitrogen and oxygen atoms in total. The van der Waals surface area contributed by atoms with Gasteiger partial charge < -0.3 is 14.4 Å². The third-order valence-electron chi connectivity index (χ3n) is 5.13. The first kappa shape index (κ1) is 22.8. The van der Waals surface area contributed by atoms with E-state index in [1.54, 1.807) is 25.1 Å². The van der Waals surface area contributed by atoms with Gasteiger partial charge in [0.2, 0.25) is 5.88 Å². The standard InChI is InChI=1S/C24H28ClN3O3/c1-14(2)10-11-28-20-8-6-15(3)12-19(20)22(24(28)30)26-27-23(29)17(5)31-21-9-7-18(25)13-16(21)4/h6-9,12-14,17,30H,10-11H2,1-5H3. The lowest BCUT2D eigenvalue weighted by molar-refractivity contribution is -0.124. The second-order valence-corrected chi connectivity index (χ2v) is 8.67. The molecule has 1 N–H and O–H groups in total. The predicted molar refractivity (Wildman–Crippen MR) is 124 cm³/mol. The molecule has 0 aliphatic heterocycles. The molecule has 1 aromatic heterocycles. The summed E-state index contributed by atoms with van der Waals surface area (Å²) in [6, 6.07) is 11.1. The minimum Gasteiger partial charge on any atom is -0.493 e. The number of rotatable bonds is 7. The highest BCUT2D eigenvalue weighted by atomic mass is 35.5. The van der Waals surface area contributed by atoms with Gasteiger partial charge in [0.1, 0.15) is 5.75 Å². The number of aromatic nitrogens is 1. The van der Waals surface area contributed by atoms with E-state index in [0.29, 0.717) is 28.9 Å². The number of halogens is 1. The highest BCUT2D eigenvalue weighted by molar-refractivity contribution is 6.30. The topological polar surface area (TPSA) is 76.2 Å². The van der Waals surface area contributed by atoms with E-state index in [9.17, 15) is 9.90 Å². The van der Waals surface area contributed by atoms with Gasteiger partial charge in [-0.05, 0) is 69.0 Å². The van der Waals surface area contributed by atoms with Crippen LogP contribution in [0.4, 0.5) is 5.69 Å². The van der Waals surface area contributed by atoms with E-state index in [-0.39, 0.29) is 5.88 Å². The van der Waals surface area contributed by atoms with Gasteiger partial charge in [-0.25, -0.2) is 0 Å². The van der Waals surface area contributed by atoms with Crippen LogP contribution in [-0.4, -0.2) is 21.7 Å². The molecule has 0 spiro atoms. The van der Waals surface area contributed by atoms with E-state index in [2.05, 4.69) is 24.1 Å². The molecule has 7 heteroatoms. The maximum atomic E-state index is 12.5. The Hall–Kier alpha value is -2.86. The Balaban J connectivity index is 1.86. The largest absolute Gasteiger partial charge is 0.493 e. The number of benzene rings is 2. The molecule has 1 heterocycles. The quantitative estimate of drug-likeness (QED) is 0.412. The summed E-state index contributed by atoms with van der Waals surface area (Å²) >= 11 is 5.97. The number of hydrogen-bond donors (Lipinski definition) is 1. The molecule has 0 radical (unpaired) electrons. The summed E-state index contributed by atoms with van der Waals surface area (Å²) in [5, 5.41) is 20.2. The first-order chi connectivity index (χ1) is 14.7. The number of fused-ring (bicyclic) bond motifs is 1. The number of aromatic hydroxyl groups is 1. The third kappa shape index (κ3) is 5.25. The van der Waals surface area contributed by atoms with Crippen molar-refractivity contribution in [3.05, 3.63) is 52.5 Å². The number of ether oxygens (including phenoxy) is 1. The molecule has 0 bridgehead atoms. The van der Waals surface area contributed by atoms with Crippen LogP contribution < -0.4 is 4.74 Å². The van der Waals surface area contributed by atoms with Gasteiger partial charge in [0.05, 0.1) is 5.52 Å². The van der Waals surface area contributed by atoms with E-state index in [1.165, 1.54) is 0 Å². The van der Waals surface area contributed by atoms with Crippen molar-refractivity contribution in [2.24, 2.45) is 16.1 Å². The zero-order valence-electron chi connectivity index (χ0n) is 18.5. The van der Waals surface area contributed by atoms with Crippen molar-refractivity contribution in [2.75, 3.05) is 0 Å². The van der Waals surface area contributed by atoms with Crippen molar-refractivity contribution in [1.82, 2.24) is 4.57 Å². The molecule has 3 rings (SSSR count). The molecule has 0 fully saturated rings. The summed E-state index contributed by atoms with van der Waals surface area (Å²) < 4.78 is 7.55. The Morgan fingerprint density at radius 1 is 1.16 bits per heavy atom. The summed E-state index contributed by atoms with van der Waals surface area (Å²) in [5.41, 5.74) is 3.02. The van der Waals surface area contributed by atoms with Crippen molar-refractivity contribution in [1.29, 1.82) is 0 Å². The van der Waals surface area contributed by atoms with Gasteiger partial charge >= 0.3 is 5.91 Å². The van der Waals surface area contributed by atoms with Gasteiger partial charge in [-0.3, -0.25) is 4.79 Å². The summed E-state index contributed by atoms with van der Waals surface area (Å²) in [6.45, 7) is 10.4. The molecule has 0 aliphatic rings. The van der Waals surface area contributed by atoms with Crippen molar-refractivity contribution >= 4 is 34.1 Å². The predicted octanol–water partition coefficient (Wildman–Crippen LogP) is 6.74. The number of carbonyl (C=O) groups excluding carboxylic acids is 1. The molecule has 2 aromatic carbocycles. The monoisotopic (exact) mass is 441 g/mol. The van der Waals surface area contributed by atoms with E-state index < -0.39 is 12.0 Å². The smallest absolute Gasteiger partial charge is 0.304 e. The number of nitrogens with zero attached hydrogens (tertiary/aromatic N) is 3. The van der Waals surface area contributed by atoms with Crippen LogP contribution in [0.5, 0.6) is 11.6 Å². The second-order valence-electron chi connectivity index (χ2n) is 8.24. The van der Waals surface area contributed by atoms with Gasteiger partial charge in [0.25, 0.3) is 0 Å². The molecule has 1 amide bonds. The first-order valence-corrected chi connectivity index (χ1v) is 10.8. The molecular weight excluding hydrogens is 414 g/mol. The molecule has 164 valence electrons. The molecule has 0 saturated carbocycles. The first-order valence-electron chi connectivity index (χ1n) is 10.4. The van der Waals surface area contributed by atoms with Crippen molar-refractivity contribution < 1.29 is 14.6 Å². The Labute approximate surface area is 187 Å². The molecule has 1 atom stereocenters. The lowest BCUT2D eigenvalue weighted by Gasteiger charge is -2.13. The van der Waals surface area contributed by atoms with Crippen LogP contribution in [0, 0.1) is 19.8 Å². The third-order valence-corrected chi connectivity index (χ3v) is 5.37. The highest BCUT2D eigenvalue weighted by Crippen LogP contribution is 2.39. The minimum atomic E-state index is -0.832. The fraction of sp³-hybridized carbons (Fsp3) is 0.375. The summed E-state index contributed by atoms with van der Waals surface area (Å²) in [4.78, 5) is 12.5. The van der Waals surface area contributed by atoms with E-state index in [1.807, 2.05) is 36.6 Å². The number of carbonyl (C=O) groups is 1. The number of azo groups is 1. The fourth-order valence-corrected chi connectivity index (χ4v) is 3.54. The Kier molecular flexibility index (Phi) is 7.01. The Morgan fingerprint density at radius 3 is 2.58 bits per heavy atom. The Morgan fingerprint density at radius 2 is 1.90 bits per heavy atom. The summed E-state index contributed by atoms with van der Waals surface area (Å²) in [6.07, 6.45) is 0.0771. The Bertz CT molecular complexity index is 1130. The molecule has 0 saturated heterocycles. The molecule has 0 aliphatic carbocycles. The average Bonchev–Trinajstić information content (AvgIpc) is 2.96. The van der Waals surface area contributed by atoms with Crippen molar-refractivity contribution in [3.8, 4) is 11.6 Å². The summed E-state index contributed by atoms with van der Waals surface area (Å²) in [7, 11) is 0. The molecular formula is C24H28ClN3O3. The van der Waals surface area contributed by atoms with Gasteiger partial charge in [-0.2, -0.15) is 0 Å². The lowest BCUT2D eigenvalue weighted by Crippen LogP contribution is -2.21. The van der Waals surface area contributed by atoms with E-state index in [0.717, 1.165) is 28.5 Å². The lowest BCUT2D eigenvalue weighted by atomic mass is 10.1. The number of aryl methyl sites for hydroxylation is 3. The van der Waals surface area contributed by atoms with Gasteiger partial charge in [0, 0.05) is 17.0 Å². The highest BCUT2D eigenvalue weighted by Gasteiger charge is 2.19. The van der Waals surface area contributed by atoms with Gasteiger partial charge in [-0.15, -0.1) is 10.2 Å². The summed E-state index contributed by atoms with van der Waals surface area (Å²) in [5.74, 6) is 0.525. The van der Waals surface area contributed by atoms with Gasteiger partial charge in [-0.1, -0.05) is 37.1 Å². The average molecular weight is 442 g/mol. The van der Waals surface area contributed by atoms with Gasteiger partial charge in [0.15, 0.2) is 11.8 Å². The number of hydrogen-bond acceptors (Lipinski definition) is 4. The van der Waals surface area contributed by atoms with Crippen LogP contribution in [0.2, 0.25) is 5.02 Å². The van der Waals surface area contributed by atoms with Crippen molar-refractivity contribution in [3.63, 3.8) is 0 Å². The second kappa shape index (κ2) is 9.52. The van der Waals surface area contributed by atoms with Crippen LogP contribution in [0.25, 0.3) is 10.9 Å². The van der Waals surface area contributed by atoms with Crippen LogP contribution >= 0.6 is 11.6 Å². The zero-order valence-corrected chi connectivity index (χ0v) is 19.3. The maximum Gasteiger partial charge on any atom is 0.304 e. The van der Waals surface area contributed by atoms with Crippen LogP contribution in [0.15, 0.2) is 46.6 Å². The van der Waals surface area contributed by atoms with Crippen molar-refractivity contribution in [2.45, 2.75) is 53.7 Å². The normalized spacial score (nSPS) is 12.7. The minimum absolute atomic E-state index is 0.0138. The molecule has 1 unspecified atom stereocenters.